The van der Waals surface area contributed by atoms with Crippen LogP contribution in [0.15, 0.2) is 30.3 Å². The molecule has 0 saturated heterocycles. The Kier molecular flexibility index (Phi) is 6.68. The van der Waals surface area contributed by atoms with Gasteiger partial charge in [-0.1, -0.05) is 0 Å². The number of aromatic nitrogens is 1. The molecule has 1 aromatic heterocycles. The molecule has 0 spiro atoms. The molecular weight excluding hydrogens is 334 g/mol. The zero-order valence-electron chi connectivity index (χ0n) is 15.4. The first-order valence-electron chi connectivity index (χ1n) is 8.25. The summed E-state index contributed by atoms with van der Waals surface area (Å²) >= 11 is 0. The van der Waals surface area contributed by atoms with E-state index in [1.165, 1.54) is 7.11 Å². The van der Waals surface area contributed by atoms with Gasteiger partial charge in [0.1, 0.15) is 12.4 Å². The van der Waals surface area contributed by atoms with Crippen molar-refractivity contribution in [2.24, 2.45) is 0 Å². The van der Waals surface area contributed by atoms with Crippen LogP contribution in [0.1, 0.15) is 28.7 Å². The van der Waals surface area contributed by atoms with E-state index < -0.39 is 6.03 Å². The lowest BCUT2D eigenvalue weighted by Crippen LogP contribution is -2.21. The Morgan fingerprint density at radius 3 is 2.38 bits per heavy atom. The molecule has 26 heavy (non-hydrogen) atoms. The van der Waals surface area contributed by atoms with E-state index in [1.807, 2.05) is 6.92 Å². The minimum atomic E-state index is -0.423. The minimum Gasteiger partial charge on any atom is -0.494 e. The number of urea groups is 1. The third-order valence-corrected chi connectivity index (χ3v) is 3.65. The third kappa shape index (κ3) is 5.03. The smallest absolute Gasteiger partial charge is 0.323 e. The Bertz CT molecular complexity index is 788. The highest BCUT2D eigenvalue weighted by Crippen LogP contribution is 2.20. The van der Waals surface area contributed by atoms with Crippen LogP contribution in [-0.2, 0) is 4.74 Å². The van der Waals surface area contributed by atoms with Crippen LogP contribution in [0.3, 0.4) is 0 Å². The van der Waals surface area contributed by atoms with Gasteiger partial charge in [-0.25, -0.2) is 4.79 Å². The van der Waals surface area contributed by atoms with Crippen molar-refractivity contribution < 1.29 is 19.1 Å². The highest BCUT2D eigenvalue weighted by Gasteiger charge is 2.14. The normalized spacial score (nSPS) is 10.3. The standard InChI is InChI=1S/C19H23N3O4/c1-5-26-15-8-6-14(7-9-15)21-19(24)22-17-10-16(18(23)11-25-4)12(2)20-13(17)3/h6-10H,5,11H2,1-4H3,(H2,21,22,24). The molecule has 2 amide bonds. The molecule has 0 radical (unpaired) electrons. The van der Waals surface area contributed by atoms with E-state index in [9.17, 15) is 9.59 Å². The van der Waals surface area contributed by atoms with E-state index in [4.69, 9.17) is 9.47 Å². The van der Waals surface area contributed by atoms with Crippen molar-refractivity contribution in [2.45, 2.75) is 20.8 Å². The Labute approximate surface area is 152 Å². The first kappa shape index (κ1) is 19.4. The third-order valence-electron chi connectivity index (χ3n) is 3.65. The van der Waals surface area contributed by atoms with Gasteiger partial charge in [-0.3, -0.25) is 9.78 Å². The number of anilines is 2. The van der Waals surface area contributed by atoms with Gasteiger partial charge in [-0.05, 0) is 51.1 Å². The fraction of sp³-hybridized carbons (Fsp3) is 0.316. The average molecular weight is 357 g/mol. The fourth-order valence-corrected chi connectivity index (χ4v) is 2.43. The number of Topliss-reactive ketones (excluding diaryl/α,β-unsaturated/α-hetero) is 1. The van der Waals surface area contributed by atoms with E-state index in [0.29, 0.717) is 34.9 Å². The molecule has 7 nitrogen and oxygen atoms in total. The summed E-state index contributed by atoms with van der Waals surface area (Å²) < 4.78 is 10.2. The molecule has 0 fully saturated rings. The van der Waals surface area contributed by atoms with Gasteiger partial charge in [0, 0.05) is 24.1 Å². The second-order valence-electron chi connectivity index (χ2n) is 5.65. The second-order valence-corrected chi connectivity index (χ2v) is 5.65. The summed E-state index contributed by atoms with van der Waals surface area (Å²) in [6.45, 7) is 5.97. The van der Waals surface area contributed by atoms with Crippen LogP contribution in [0.5, 0.6) is 5.75 Å². The Morgan fingerprint density at radius 2 is 1.77 bits per heavy atom. The van der Waals surface area contributed by atoms with E-state index in [1.54, 1.807) is 44.2 Å². The number of methoxy groups -OCH3 is 1. The number of carbonyl (C=O) groups excluding carboxylic acids is 2. The maximum Gasteiger partial charge on any atom is 0.323 e. The lowest BCUT2D eigenvalue weighted by molar-refractivity contribution is 0.0847. The molecule has 0 atom stereocenters. The highest BCUT2D eigenvalue weighted by atomic mass is 16.5. The number of carbonyl (C=O) groups is 2. The molecule has 2 N–H and O–H groups in total. The number of hydrogen-bond donors (Lipinski definition) is 2. The van der Waals surface area contributed by atoms with Crippen molar-refractivity contribution in [1.29, 1.82) is 0 Å². The van der Waals surface area contributed by atoms with Crippen LogP contribution in [0.2, 0.25) is 0 Å². The number of hydrogen-bond acceptors (Lipinski definition) is 5. The van der Waals surface area contributed by atoms with Crippen LogP contribution in [0, 0.1) is 13.8 Å². The van der Waals surface area contributed by atoms with Gasteiger partial charge < -0.3 is 20.1 Å². The van der Waals surface area contributed by atoms with Gasteiger partial charge in [0.05, 0.1) is 18.0 Å². The van der Waals surface area contributed by atoms with Gasteiger partial charge in [0.2, 0.25) is 0 Å². The molecule has 2 rings (SSSR count). The lowest BCUT2D eigenvalue weighted by atomic mass is 10.1. The molecule has 0 aliphatic heterocycles. The summed E-state index contributed by atoms with van der Waals surface area (Å²) in [5.74, 6) is 0.547. The molecule has 1 aromatic carbocycles. The van der Waals surface area contributed by atoms with Crippen molar-refractivity contribution in [3.63, 3.8) is 0 Å². The first-order chi connectivity index (χ1) is 12.4. The van der Waals surface area contributed by atoms with Gasteiger partial charge >= 0.3 is 6.03 Å². The molecule has 2 aromatic rings. The zero-order chi connectivity index (χ0) is 19.1. The number of nitrogens with one attached hydrogen (secondary N) is 2. The number of pyridine rings is 1. The van der Waals surface area contributed by atoms with Crippen molar-refractivity contribution in [3.05, 3.63) is 47.3 Å². The second kappa shape index (κ2) is 8.96. The van der Waals surface area contributed by atoms with Crippen LogP contribution >= 0.6 is 0 Å². The summed E-state index contributed by atoms with van der Waals surface area (Å²) in [4.78, 5) is 28.7. The van der Waals surface area contributed by atoms with Crippen molar-refractivity contribution in [2.75, 3.05) is 31.0 Å². The Balaban J connectivity index is 2.10. The number of aryl methyl sites for hydroxylation is 2. The van der Waals surface area contributed by atoms with Crippen LogP contribution in [-0.4, -0.2) is 37.1 Å². The monoisotopic (exact) mass is 357 g/mol. The number of nitrogens with zero attached hydrogens (tertiary/aromatic N) is 1. The largest absolute Gasteiger partial charge is 0.494 e. The van der Waals surface area contributed by atoms with Gasteiger partial charge in [-0.2, -0.15) is 0 Å². The summed E-state index contributed by atoms with van der Waals surface area (Å²) in [6.07, 6.45) is 0. The van der Waals surface area contributed by atoms with E-state index in [-0.39, 0.29) is 12.4 Å². The number of rotatable bonds is 7. The minimum absolute atomic E-state index is 0.0383. The van der Waals surface area contributed by atoms with E-state index >= 15 is 0 Å². The number of amides is 2. The summed E-state index contributed by atoms with van der Waals surface area (Å²) in [6, 6.07) is 8.25. The molecular formula is C19H23N3O4. The van der Waals surface area contributed by atoms with Crippen LogP contribution < -0.4 is 15.4 Å². The predicted octanol–water partition coefficient (Wildman–Crippen LogP) is 3.57. The van der Waals surface area contributed by atoms with Gasteiger partial charge in [0.25, 0.3) is 0 Å². The Hall–Kier alpha value is -2.93. The number of benzene rings is 1. The molecule has 1 heterocycles. The van der Waals surface area contributed by atoms with E-state index in [0.717, 1.165) is 5.75 Å². The van der Waals surface area contributed by atoms with Crippen LogP contribution in [0.25, 0.3) is 0 Å². The highest BCUT2D eigenvalue weighted by molar-refractivity contribution is 6.02. The molecule has 7 heteroatoms. The first-order valence-corrected chi connectivity index (χ1v) is 8.25. The van der Waals surface area contributed by atoms with Gasteiger partial charge in [0.15, 0.2) is 5.78 Å². The average Bonchev–Trinajstić information content (AvgIpc) is 2.59. The predicted molar refractivity (Wildman–Crippen MR) is 100 cm³/mol. The van der Waals surface area contributed by atoms with Crippen molar-refractivity contribution in [3.8, 4) is 5.75 Å². The molecule has 0 saturated carbocycles. The molecule has 0 aliphatic rings. The molecule has 0 bridgehead atoms. The number of ketones is 1. The van der Waals surface area contributed by atoms with Crippen LogP contribution in [0.4, 0.5) is 16.2 Å². The Morgan fingerprint density at radius 1 is 1.08 bits per heavy atom. The van der Waals surface area contributed by atoms with Crippen molar-refractivity contribution >= 4 is 23.2 Å². The topological polar surface area (TPSA) is 89.6 Å². The summed E-state index contributed by atoms with van der Waals surface area (Å²) in [5.41, 5.74) is 2.74. The summed E-state index contributed by atoms with van der Waals surface area (Å²) in [7, 11) is 1.46. The maximum absolute atomic E-state index is 12.2. The quantitative estimate of drug-likeness (QED) is 0.740. The molecule has 138 valence electrons. The molecule has 0 aliphatic carbocycles. The van der Waals surface area contributed by atoms with E-state index in [2.05, 4.69) is 15.6 Å². The number of ether oxygens (including phenoxy) is 2. The zero-order valence-corrected chi connectivity index (χ0v) is 15.4. The lowest BCUT2D eigenvalue weighted by Gasteiger charge is -2.13. The van der Waals surface area contributed by atoms with Crippen molar-refractivity contribution in [1.82, 2.24) is 4.98 Å². The van der Waals surface area contributed by atoms with Gasteiger partial charge in [-0.15, -0.1) is 0 Å². The SMILES string of the molecule is CCOc1ccc(NC(=O)Nc2cc(C(=O)COC)c(C)nc2C)cc1. The maximum atomic E-state index is 12.2. The molecule has 0 unspecified atom stereocenters. The summed E-state index contributed by atoms with van der Waals surface area (Å²) in [5, 5.41) is 5.46. The fourth-order valence-electron chi connectivity index (χ4n) is 2.43.